The highest BCUT2D eigenvalue weighted by atomic mass is 16.5. The van der Waals surface area contributed by atoms with Gasteiger partial charge in [0.1, 0.15) is 0 Å². The first-order valence-electron chi connectivity index (χ1n) is 4.40. The van der Waals surface area contributed by atoms with Crippen molar-refractivity contribution in [3.05, 3.63) is 12.2 Å². The maximum atomic E-state index is 11.0. The molecule has 0 saturated heterocycles. The Hall–Kier alpha value is -0.870. The monoisotopic (exact) mass is 186 g/mol. The normalized spacial score (nSPS) is 9.69. The summed E-state index contributed by atoms with van der Waals surface area (Å²) < 4.78 is 5.13. The zero-order valence-electron chi connectivity index (χ0n) is 8.14. The molecule has 4 nitrogen and oxygen atoms in total. The standard InChI is InChI=1S/C9H18N2O2/c1-8(2)9(12)11-5-3-6-13-7-4-10/h1,3-7,10H2,2H3,(H,11,12). The first-order valence-corrected chi connectivity index (χ1v) is 4.40. The maximum absolute atomic E-state index is 11.0. The summed E-state index contributed by atoms with van der Waals surface area (Å²) >= 11 is 0. The minimum absolute atomic E-state index is 0.0983. The van der Waals surface area contributed by atoms with E-state index in [1.54, 1.807) is 6.92 Å². The van der Waals surface area contributed by atoms with Crippen molar-refractivity contribution in [3.63, 3.8) is 0 Å². The fourth-order valence-corrected chi connectivity index (χ4v) is 0.712. The van der Waals surface area contributed by atoms with Gasteiger partial charge >= 0.3 is 0 Å². The molecule has 0 rings (SSSR count). The Balaban J connectivity index is 3.16. The van der Waals surface area contributed by atoms with Gasteiger partial charge in [0.05, 0.1) is 6.61 Å². The van der Waals surface area contributed by atoms with Crippen LogP contribution in [0.2, 0.25) is 0 Å². The lowest BCUT2D eigenvalue weighted by molar-refractivity contribution is -0.117. The second-order valence-electron chi connectivity index (χ2n) is 2.79. The Morgan fingerprint density at radius 1 is 1.54 bits per heavy atom. The number of amides is 1. The Labute approximate surface area is 79.1 Å². The van der Waals surface area contributed by atoms with Crippen molar-refractivity contribution in [1.29, 1.82) is 0 Å². The first kappa shape index (κ1) is 12.1. The molecule has 0 aromatic carbocycles. The number of nitrogens with two attached hydrogens (primary N) is 1. The van der Waals surface area contributed by atoms with Crippen LogP contribution < -0.4 is 11.1 Å². The molecule has 0 aliphatic heterocycles. The minimum Gasteiger partial charge on any atom is -0.380 e. The Kier molecular flexibility index (Phi) is 7.24. The van der Waals surface area contributed by atoms with Gasteiger partial charge in [-0.2, -0.15) is 0 Å². The van der Waals surface area contributed by atoms with Gasteiger partial charge in [-0.1, -0.05) is 6.58 Å². The molecule has 0 spiro atoms. The first-order chi connectivity index (χ1) is 6.18. The van der Waals surface area contributed by atoms with Gasteiger partial charge in [0, 0.05) is 25.3 Å². The predicted octanol–water partition coefficient (Wildman–Crippen LogP) is 0.0441. The van der Waals surface area contributed by atoms with Crippen molar-refractivity contribution in [1.82, 2.24) is 5.32 Å². The Bertz CT molecular complexity index is 169. The van der Waals surface area contributed by atoms with Crippen molar-refractivity contribution in [3.8, 4) is 0 Å². The van der Waals surface area contributed by atoms with Gasteiger partial charge in [-0.05, 0) is 13.3 Å². The van der Waals surface area contributed by atoms with Crippen LogP contribution in [0.4, 0.5) is 0 Å². The van der Waals surface area contributed by atoms with E-state index >= 15 is 0 Å². The lowest BCUT2D eigenvalue weighted by Gasteiger charge is -2.04. The number of carbonyl (C=O) groups excluding carboxylic acids is 1. The van der Waals surface area contributed by atoms with Crippen LogP contribution in [0.25, 0.3) is 0 Å². The summed E-state index contributed by atoms with van der Waals surface area (Å²) in [4.78, 5) is 11.0. The van der Waals surface area contributed by atoms with Crippen LogP contribution in [0.3, 0.4) is 0 Å². The molecule has 0 fully saturated rings. The zero-order chi connectivity index (χ0) is 10.1. The summed E-state index contributed by atoms with van der Waals surface area (Å²) in [6.45, 7) is 7.58. The quantitative estimate of drug-likeness (QED) is 0.436. The molecule has 13 heavy (non-hydrogen) atoms. The molecular formula is C9H18N2O2. The summed E-state index contributed by atoms with van der Waals surface area (Å²) in [6.07, 6.45) is 0.805. The van der Waals surface area contributed by atoms with E-state index in [9.17, 15) is 4.79 Å². The molecule has 0 aliphatic rings. The summed E-state index contributed by atoms with van der Waals surface area (Å²) in [7, 11) is 0. The smallest absolute Gasteiger partial charge is 0.246 e. The third kappa shape index (κ3) is 7.49. The summed E-state index contributed by atoms with van der Waals surface area (Å²) in [5.74, 6) is -0.0983. The van der Waals surface area contributed by atoms with E-state index in [-0.39, 0.29) is 5.91 Å². The topological polar surface area (TPSA) is 64.3 Å². The average molecular weight is 186 g/mol. The molecule has 0 radical (unpaired) electrons. The van der Waals surface area contributed by atoms with E-state index in [1.165, 1.54) is 0 Å². The van der Waals surface area contributed by atoms with E-state index in [1.807, 2.05) is 0 Å². The molecule has 1 amide bonds. The van der Waals surface area contributed by atoms with Crippen molar-refractivity contribution in [2.24, 2.45) is 5.73 Å². The van der Waals surface area contributed by atoms with E-state index in [0.29, 0.717) is 31.9 Å². The Morgan fingerprint density at radius 3 is 2.77 bits per heavy atom. The van der Waals surface area contributed by atoms with Crippen LogP contribution in [0.5, 0.6) is 0 Å². The highest BCUT2D eigenvalue weighted by molar-refractivity contribution is 5.91. The molecule has 0 aliphatic carbocycles. The molecule has 0 aromatic rings. The van der Waals surface area contributed by atoms with Crippen LogP contribution in [-0.4, -0.2) is 32.2 Å². The number of hydrogen-bond acceptors (Lipinski definition) is 3. The van der Waals surface area contributed by atoms with Gasteiger partial charge in [-0.25, -0.2) is 0 Å². The lowest BCUT2D eigenvalue weighted by atomic mass is 10.3. The van der Waals surface area contributed by atoms with E-state index < -0.39 is 0 Å². The maximum Gasteiger partial charge on any atom is 0.246 e. The van der Waals surface area contributed by atoms with Gasteiger partial charge in [-0.3, -0.25) is 4.79 Å². The van der Waals surface area contributed by atoms with Crippen molar-refractivity contribution in [2.75, 3.05) is 26.3 Å². The van der Waals surface area contributed by atoms with E-state index in [2.05, 4.69) is 11.9 Å². The van der Waals surface area contributed by atoms with Gasteiger partial charge in [-0.15, -0.1) is 0 Å². The minimum atomic E-state index is -0.0983. The van der Waals surface area contributed by atoms with Crippen LogP contribution in [0.15, 0.2) is 12.2 Å². The van der Waals surface area contributed by atoms with Crippen molar-refractivity contribution >= 4 is 5.91 Å². The third-order valence-electron chi connectivity index (χ3n) is 1.40. The fraction of sp³-hybridized carbons (Fsp3) is 0.667. The van der Waals surface area contributed by atoms with E-state index in [0.717, 1.165) is 6.42 Å². The van der Waals surface area contributed by atoms with Crippen molar-refractivity contribution in [2.45, 2.75) is 13.3 Å². The molecule has 0 aromatic heterocycles. The number of hydrogen-bond donors (Lipinski definition) is 2. The van der Waals surface area contributed by atoms with Crippen LogP contribution >= 0.6 is 0 Å². The number of rotatable bonds is 7. The molecule has 76 valence electrons. The van der Waals surface area contributed by atoms with Gasteiger partial charge in [0.2, 0.25) is 5.91 Å². The molecule has 0 unspecified atom stereocenters. The third-order valence-corrected chi connectivity index (χ3v) is 1.40. The van der Waals surface area contributed by atoms with E-state index in [4.69, 9.17) is 10.5 Å². The molecule has 0 heterocycles. The second kappa shape index (κ2) is 7.76. The van der Waals surface area contributed by atoms with Gasteiger partial charge in [0.15, 0.2) is 0 Å². The predicted molar refractivity (Wildman–Crippen MR) is 52.3 cm³/mol. The largest absolute Gasteiger partial charge is 0.380 e. The molecule has 0 bridgehead atoms. The zero-order valence-corrected chi connectivity index (χ0v) is 8.14. The molecule has 0 saturated carbocycles. The Morgan fingerprint density at radius 2 is 2.23 bits per heavy atom. The van der Waals surface area contributed by atoms with Crippen LogP contribution in [0.1, 0.15) is 13.3 Å². The molecular weight excluding hydrogens is 168 g/mol. The highest BCUT2D eigenvalue weighted by Crippen LogP contribution is 1.86. The average Bonchev–Trinajstić information content (AvgIpc) is 2.10. The lowest BCUT2D eigenvalue weighted by Crippen LogP contribution is -2.25. The summed E-state index contributed by atoms with van der Waals surface area (Å²) in [5.41, 5.74) is 5.76. The number of carbonyl (C=O) groups is 1. The van der Waals surface area contributed by atoms with Crippen LogP contribution in [0, 0.1) is 0 Å². The second-order valence-corrected chi connectivity index (χ2v) is 2.79. The number of ether oxygens (including phenoxy) is 1. The molecule has 4 heteroatoms. The summed E-state index contributed by atoms with van der Waals surface area (Å²) in [6, 6.07) is 0. The van der Waals surface area contributed by atoms with Gasteiger partial charge in [0.25, 0.3) is 0 Å². The molecule has 0 atom stereocenters. The summed E-state index contributed by atoms with van der Waals surface area (Å²) in [5, 5.41) is 2.71. The highest BCUT2D eigenvalue weighted by Gasteiger charge is 1.98. The van der Waals surface area contributed by atoms with Crippen molar-refractivity contribution < 1.29 is 9.53 Å². The van der Waals surface area contributed by atoms with Crippen LogP contribution in [-0.2, 0) is 9.53 Å². The van der Waals surface area contributed by atoms with Gasteiger partial charge < -0.3 is 15.8 Å². The SMILES string of the molecule is C=C(C)C(=O)NCCCOCCN. The molecule has 3 N–H and O–H groups in total. The number of nitrogens with one attached hydrogen (secondary N) is 1. The fourth-order valence-electron chi connectivity index (χ4n) is 0.712.